The average molecular weight is 277 g/mol. The molecule has 0 amide bonds. The first kappa shape index (κ1) is 12.4. The Hall–Kier alpha value is -1.59. The van der Waals surface area contributed by atoms with Crippen LogP contribution in [0.15, 0.2) is 23.7 Å². The number of nitrogens with zero attached hydrogens (tertiary/aromatic N) is 1. The Labute approximate surface area is 115 Å². The molecule has 0 radical (unpaired) electrons. The molecule has 0 spiro atoms. The number of aryl methyl sites for hydroxylation is 1. The van der Waals surface area contributed by atoms with Gasteiger partial charge in [0.2, 0.25) is 0 Å². The summed E-state index contributed by atoms with van der Waals surface area (Å²) in [5.41, 5.74) is 3.77. The van der Waals surface area contributed by atoms with Crippen LogP contribution in [0.2, 0.25) is 0 Å². The van der Waals surface area contributed by atoms with Crippen molar-refractivity contribution in [3.05, 3.63) is 39.8 Å². The summed E-state index contributed by atoms with van der Waals surface area (Å²) in [6, 6.07) is 5.57. The number of hydrogen-bond donors (Lipinski definition) is 1. The Balaban J connectivity index is 1.60. The molecule has 0 fully saturated rings. The molecule has 1 aromatic carbocycles. The molecule has 2 heterocycles. The minimum atomic E-state index is -0.510. The number of aromatic nitrogens is 1. The third-order valence-corrected chi connectivity index (χ3v) is 4.18. The molecule has 1 aliphatic heterocycles. The van der Waals surface area contributed by atoms with Gasteiger partial charge < -0.3 is 14.6 Å². The van der Waals surface area contributed by atoms with E-state index in [-0.39, 0.29) is 0 Å². The lowest BCUT2D eigenvalue weighted by atomic mass is 10.1. The lowest BCUT2D eigenvalue weighted by Gasteiger charge is -2.07. The number of benzene rings is 1. The Morgan fingerprint density at radius 2 is 2.42 bits per heavy atom. The molecule has 100 valence electrons. The second kappa shape index (κ2) is 5.19. The fourth-order valence-corrected chi connectivity index (χ4v) is 2.85. The van der Waals surface area contributed by atoms with Gasteiger partial charge in [-0.25, -0.2) is 4.98 Å². The van der Waals surface area contributed by atoms with Crippen LogP contribution < -0.4 is 9.47 Å². The van der Waals surface area contributed by atoms with Crippen LogP contribution in [0.5, 0.6) is 11.5 Å². The van der Waals surface area contributed by atoms with E-state index in [4.69, 9.17) is 9.47 Å². The third kappa shape index (κ3) is 2.57. The molecule has 1 unspecified atom stereocenters. The molecule has 1 aromatic heterocycles. The molecule has 5 heteroatoms. The van der Waals surface area contributed by atoms with Crippen molar-refractivity contribution in [2.24, 2.45) is 0 Å². The zero-order valence-corrected chi connectivity index (χ0v) is 11.4. The largest absolute Gasteiger partial charge is 0.493 e. The van der Waals surface area contributed by atoms with Crippen molar-refractivity contribution in [1.82, 2.24) is 4.98 Å². The molecule has 0 saturated carbocycles. The predicted molar refractivity (Wildman–Crippen MR) is 72.9 cm³/mol. The molecule has 0 aliphatic carbocycles. The summed E-state index contributed by atoms with van der Waals surface area (Å²) < 4.78 is 11.1. The Morgan fingerprint density at radius 1 is 1.53 bits per heavy atom. The van der Waals surface area contributed by atoms with E-state index in [1.54, 1.807) is 11.3 Å². The fourth-order valence-electron chi connectivity index (χ4n) is 2.09. The maximum absolute atomic E-state index is 9.63. The van der Waals surface area contributed by atoms with E-state index in [2.05, 4.69) is 4.98 Å². The van der Waals surface area contributed by atoms with Gasteiger partial charge in [-0.05, 0) is 19.1 Å². The number of ether oxygens (including phenoxy) is 2. The predicted octanol–water partition coefficient (Wildman–Crippen LogP) is 2.50. The van der Waals surface area contributed by atoms with Gasteiger partial charge in [-0.1, -0.05) is 0 Å². The normalized spacial score (nSPS) is 17.1. The quantitative estimate of drug-likeness (QED) is 0.933. The summed E-state index contributed by atoms with van der Waals surface area (Å²) in [6.07, 6.45) is 0.348. The van der Waals surface area contributed by atoms with Crippen molar-refractivity contribution in [2.75, 3.05) is 13.2 Å². The smallest absolute Gasteiger partial charge is 0.129 e. The highest BCUT2D eigenvalue weighted by atomic mass is 32.1. The SMILES string of the molecule is Cc1ncsc1CCOc1ccc2c(c1)OCC2O. The van der Waals surface area contributed by atoms with Gasteiger partial charge in [-0.15, -0.1) is 11.3 Å². The van der Waals surface area contributed by atoms with Crippen LogP contribution in [0.25, 0.3) is 0 Å². The van der Waals surface area contributed by atoms with Crippen LogP contribution >= 0.6 is 11.3 Å². The summed E-state index contributed by atoms with van der Waals surface area (Å²) in [5.74, 6) is 1.49. The van der Waals surface area contributed by atoms with Crippen molar-refractivity contribution in [3.8, 4) is 11.5 Å². The van der Waals surface area contributed by atoms with Crippen LogP contribution in [-0.4, -0.2) is 23.3 Å². The maximum atomic E-state index is 9.63. The van der Waals surface area contributed by atoms with Crippen LogP contribution in [0, 0.1) is 6.92 Å². The van der Waals surface area contributed by atoms with Crippen molar-refractivity contribution >= 4 is 11.3 Å². The third-order valence-electron chi connectivity index (χ3n) is 3.18. The van der Waals surface area contributed by atoms with Gasteiger partial charge in [-0.3, -0.25) is 0 Å². The molecule has 4 nitrogen and oxygen atoms in total. The first-order valence-electron chi connectivity index (χ1n) is 6.20. The van der Waals surface area contributed by atoms with Crippen LogP contribution in [0.1, 0.15) is 22.2 Å². The van der Waals surface area contributed by atoms with Gasteiger partial charge in [-0.2, -0.15) is 0 Å². The van der Waals surface area contributed by atoms with E-state index in [1.807, 2.05) is 30.6 Å². The second-order valence-corrected chi connectivity index (χ2v) is 5.43. The van der Waals surface area contributed by atoms with E-state index in [1.165, 1.54) is 4.88 Å². The first-order chi connectivity index (χ1) is 9.24. The Bertz CT molecular complexity index is 582. The summed E-state index contributed by atoms with van der Waals surface area (Å²) in [7, 11) is 0. The molecular weight excluding hydrogens is 262 g/mol. The zero-order valence-electron chi connectivity index (χ0n) is 10.6. The van der Waals surface area contributed by atoms with Gasteiger partial charge >= 0.3 is 0 Å². The molecule has 19 heavy (non-hydrogen) atoms. The molecule has 3 rings (SSSR count). The van der Waals surface area contributed by atoms with E-state index < -0.39 is 6.10 Å². The number of aliphatic hydroxyl groups is 1. The van der Waals surface area contributed by atoms with E-state index in [0.29, 0.717) is 13.2 Å². The van der Waals surface area contributed by atoms with Gasteiger partial charge in [0.25, 0.3) is 0 Å². The van der Waals surface area contributed by atoms with Gasteiger partial charge in [0.1, 0.15) is 24.2 Å². The van der Waals surface area contributed by atoms with Crippen LogP contribution in [-0.2, 0) is 6.42 Å². The van der Waals surface area contributed by atoms with Crippen molar-refractivity contribution < 1.29 is 14.6 Å². The summed E-state index contributed by atoms with van der Waals surface area (Å²) in [5, 5.41) is 9.63. The lowest BCUT2D eigenvalue weighted by molar-refractivity contribution is 0.140. The Morgan fingerprint density at radius 3 is 3.21 bits per heavy atom. The second-order valence-electron chi connectivity index (χ2n) is 4.49. The van der Waals surface area contributed by atoms with Crippen molar-refractivity contribution in [3.63, 3.8) is 0 Å². The molecule has 1 aliphatic rings. The van der Waals surface area contributed by atoms with E-state index in [0.717, 1.165) is 29.2 Å². The van der Waals surface area contributed by atoms with Crippen LogP contribution in [0.4, 0.5) is 0 Å². The summed E-state index contributed by atoms with van der Waals surface area (Å²) >= 11 is 1.66. The highest BCUT2D eigenvalue weighted by Crippen LogP contribution is 2.35. The fraction of sp³-hybridized carbons (Fsp3) is 0.357. The van der Waals surface area contributed by atoms with Gasteiger partial charge in [0, 0.05) is 22.9 Å². The zero-order chi connectivity index (χ0) is 13.2. The van der Waals surface area contributed by atoms with Crippen molar-refractivity contribution in [2.45, 2.75) is 19.4 Å². The topological polar surface area (TPSA) is 51.6 Å². The number of thiazole rings is 1. The highest BCUT2D eigenvalue weighted by Gasteiger charge is 2.21. The molecule has 1 N–H and O–H groups in total. The maximum Gasteiger partial charge on any atom is 0.129 e. The first-order valence-corrected chi connectivity index (χ1v) is 7.08. The molecule has 0 saturated heterocycles. The lowest BCUT2D eigenvalue weighted by Crippen LogP contribution is -2.01. The molecular formula is C14H15NO3S. The number of rotatable bonds is 4. The van der Waals surface area contributed by atoms with Gasteiger partial charge in [0.15, 0.2) is 0 Å². The Kier molecular flexibility index (Phi) is 3.40. The van der Waals surface area contributed by atoms with E-state index >= 15 is 0 Å². The monoisotopic (exact) mass is 277 g/mol. The number of aliphatic hydroxyl groups excluding tert-OH is 1. The number of hydrogen-bond acceptors (Lipinski definition) is 5. The van der Waals surface area contributed by atoms with Gasteiger partial charge in [0.05, 0.1) is 17.8 Å². The number of fused-ring (bicyclic) bond motifs is 1. The molecule has 1 atom stereocenters. The van der Waals surface area contributed by atoms with Crippen LogP contribution in [0.3, 0.4) is 0 Å². The average Bonchev–Trinajstić information content (AvgIpc) is 2.97. The minimum Gasteiger partial charge on any atom is -0.493 e. The standard InChI is InChI=1S/C14H15NO3S/c1-9-14(19-8-15-9)4-5-17-10-2-3-11-12(16)7-18-13(11)6-10/h2-3,6,8,12,16H,4-5,7H2,1H3. The molecule has 2 aromatic rings. The van der Waals surface area contributed by atoms with Crippen molar-refractivity contribution in [1.29, 1.82) is 0 Å². The summed E-state index contributed by atoms with van der Waals surface area (Å²) in [6.45, 7) is 2.96. The molecule has 0 bridgehead atoms. The minimum absolute atomic E-state index is 0.332. The summed E-state index contributed by atoms with van der Waals surface area (Å²) in [4.78, 5) is 5.47. The van der Waals surface area contributed by atoms with E-state index in [9.17, 15) is 5.11 Å². The highest BCUT2D eigenvalue weighted by molar-refractivity contribution is 7.09.